The smallest absolute Gasteiger partial charge is 0.246 e. The Morgan fingerprint density at radius 3 is 1.73 bits per heavy atom. The highest BCUT2D eigenvalue weighted by molar-refractivity contribution is 5.92. The van der Waals surface area contributed by atoms with Gasteiger partial charge in [-0.15, -0.1) is 0 Å². The fourth-order valence-electron chi connectivity index (χ4n) is 8.65. The molecule has 306 valence electrons. The molecular formula is C46H50N12O2. The average Bonchev–Trinajstić information content (AvgIpc) is 4.11. The van der Waals surface area contributed by atoms with Crippen molar-refractivity contribution in [2.75, 3.05) is 23.7 Å². The van der Waals surface area contributed by atoms with Gasteiger partial charge in [-0.3, -0.25) is 9.59 Å². The lowest BCUT2D eigenvalue weighted by Gasteiger charge is -2.30. The first-order chi connectivity index (χ1) is 29.2. The predicted octanol–water partition coefficient (Wildman–Crippen LogP) is 7.95. The molecule has 4 aromatic heterocycles. The van der Waals surface area contributed by atoms with Crippen LogP contribution in [-0.4, -0.2) is 86.7 Å². The molecule has 3 aromatic carbocycles. The van der Waals surface area contributed by atoms with Gasteiger partial charge in [-0.05, 0) is 95.8 Å². The summed E-state index contributed by atoms with van der Waals surface area (Å²) in [5.41, 5.74) is 5.93. The van der Waals surface area contributed by atoms with E-state index in [0.717, 1.165) is 81.5 Å². The van der Waals surface area contributed by atoms with Gasteiger partial charge in [0.15, 0.2) is 0 Å². The highest BCUT2D eigenvalue weighted by atomic mass is 16.2. The van der Waals surface area contributed by atoms with E-state index in [2.05, 4.69) is 95.1 Å². The molecule has 60 heavy (non-hydrogen) atoms. The highest BCUT2D eigenvalue weighted by Gasteiger charge is 2.38. The number of benzene rings is 3. The van der Waals surface area contributed by atoms with E-state index < -0.39 is 12.1 Å². The Bertz CT molecular complexity index is 2620. The fourth-order valence-corrected chi connectivity index (χ4v) is 8.65. The number of nitrogens with zero attached hydrogens (tertiary/aromatic N) is 8. The highest BCUT2D eigenvalue weighted by Crippen LogP contribution is 2.36. The number of rotatable bonds is 12. The molecular weight excluding hydrogens is 753 g/mol. The van der Waals surface area contributed by atoms with Gasteiger partial charge in [-0.2, -0.15) is 0 Å². The molecule has 2 amide bonds. The number of carbonyl (C=O) groups is 2. The van der Waals surface area contributed by atoms with Crippen LogP contribution in [0.2, 0.25) is 0 Å². The lowest BCUT2D eigenvalue weighted by molar-refractivity contribution is -0.134. The lowest BCUT2D eigenvalue weighted by atomic mass is 9.99. The number of likely N-dealkylation sites (tertiary alicyclic amines) is 2. The van der Waals surface area contributed by atoms with Crippen molar-refractivity contribution < 1.29 is 9.59 Å². The number of aromatic amines is 2. The Labute approximate surface area is 348 Å². The second kappa shape index (κ2) is 16.5. The summed E-state index contributed by atoms with van der Waals surface area (Å²) in [7, 11) is 0. The minimum Gasteiger partial charge on any atom is -0.342 e. The number of anilines is 2. The van der Waals surface area contributed by atoms with E-state index in [4.69, 9.17) is 9.97 Å². The molecule has 2 aliphatic heterocycles. The minimum atomic E-state index is -0.451. The lowest BCUT2D eigenvalue weighted by Crippen LogP contribution is -2.45. The molecule has 9 rings (SSSR count). The van der Waals surface area contributed by atoms with Gasteiger partial charge in [-0.1, -0.05) is 58.0 Å². The van der Waals surface area contributed by atoms with Crippen molar-refractivity contribution in [1.82, 2.24) is 49.7 Å². The summed E-state index contributed by atoms with van der Waals surface area (Å²) in [6, 6.07) is 21.6. The van der Waals surface area contributed by atoms with Crippen molar-refractivity contribution in [3.8, 4) is 22.4 Å². The molecule has 4 atom stereocenters. The summed E-state index contributed by atoms with van der Waals surface area (Å²) in [5, 5.41) is 8.76. The third kappa shape index (κ3) is 7.76. The molecule has 4 N–H and O–H groups in total. The monoisotopic (exact) mass is 802 g/mol. The van der Waals surface area contributed by atoms with E-state index in [0.29, 0.717) is 25.0 Å². The van der Waals surface area contributed by atoms with Gasteiger partial charge in [0.05, 0.1) is 35.0 Å². The number of aromatic nitrogens is 8. The van der Waals surface area contributed by atoms with Crippen LogP contribution in [0.1, 0.15) is 77.1 Å². The summed E-state index contributed by atoms with van der Waals surface area (Å²) in [4.78, 5) is 65.8. The number of carbonyl (C=O) groups excluding carboxylic acids is 2. The van der Waals surface area contributed by atoms with Crippen molar-refractivity contribution >= 4 is 45.5 Å². The van der Waals surface area contributed by atoms with Crippen molar-refractivity contribution in [2.45, 2.75) is 77.5 Å². The largest absolute Gasteiger partial charge is 0.342 e. The molecule has 0 spiro atoms. The Morgan fingerprint density at radius 1 is 0.633 bits per heavy atom. The van der Waals surface area contributed by atoms with Gasteiger partial charge in [-0.25, -0.2) is 29.9 Å². The average molecular weight is 803 g/mol. The van der Waals surface area contributed by atoms with Crippen LogP contribution in [0, 0.1) is 11.8 Å². The Morgan fingerprint density at radius 2 is 1.15 bits per heavy atom. The summed E-state index contributed by atoms with van der Waals surface area (Å²) in [6.07, 6.45) is 12.1. The maximum atomic E-state index is 14.0. The van der Waals surface area contributed by atoms with Gasteiger partial charge in [0.25, 0.3) is 0 Å². The van der Waals surface area contributed by atoms with Crippen molar-refractivity contribution in [3.05, 3.63) is 109 Å². The molecule has 2 saturated heterocycles. The van der Waals surface area contributed by atoms with E-state index in [-0.39, 0.29) is 35.7 Å². The molecule has 0 aliphatic carbocycles. The van der Waals surface area contributed by atoms with Gasteiger partial charge >= 0.3 is 0 Å². The number of H-pyrrole nitrogens is 2. The third-order valence-corrected chi connectivity index (χ3v) is 11.8. The number of fused-ring (bicyclic) bond motifs is 2. The van der Waals surface area contributed by atoms with Crippen LogP contribution in [0.4, 0.5) is 11.9 Å². The number of hydrogen-bond donors (Lipinski definition) is 4. The van der Waals surface area contributed by atoms with Gasteiger partial charge in [0.2, 0.25) is 23.7 Å². The minimum absolute atomic E-state index is 0.0300. The number of imidazole rings is 2. The first-order valence-corrected chi connectivity index (χ1v) is 21.0. The topological polar surface area (TPSA) is 174 Å². The van der Waals surface area contributed by atoms with Crippen molar-refractivity contribution in [3.63, 3.8) is 0 Å². The fraction of sp³-hybridized carbons (Fsp3) is 0.348. The van der Waals surface area contributed by atoms with E-state index >= 15 is 0 Å². The maximum absolute atomic E-state index is 14.0. The first kappa shape index (κ1) is 38.8. The molecule has 0 saturated carbocycles. The van der Waals surface area contributed by atoms with Crippen LogP contribution >= 0.6 is 0 Å². The van der Waals surface area contributed by atoms with Crippen LogP contribution in [0.3, 0.4) is 0 Å². The van der Waals surface area contributed by atoms with E-state index in [1.807, 2.05) is 43.7 Å². The van der Waals surface area contributed by atoms with Gasteiger partial charge in [0.1, 0.15) is 23.7 Å². The van der Waals surface area contributed by atoms with Crippen LogP contribution in [-0.2, 0) is 9.59 Å². The first-order valence-electron chi connectivity index (χ1n) is 21.0. The van der Waals surface area contributed by atoms with Gasteiger partial charge in [0, 0.05) is 43.4 Å². The summed E-state index contributed by atoms with van der Waals surface area (Å²) in [6.45, 7) is 9.49. The second-order valence-electron chi connectivity index (χ2n) is 16.6. The van der Waals surface area contributed by atoms with E-state index in [9.17, 15) is 9.59 Å². The van der Waals surface area contributed by atoms with Crippen molar-refractivity contribution in [1.29, 1.82) is 0 Å². The molecule has 6 heterocycles. The molecule has 0 radical (unpaired) electrons. The van der Waals surface area contributed by atoms with Crippen molar-refractivity contribution in [2.24, 2.45) is 11.8 Å². The van der Waals surface area contributed by atoms with E-state index in [1.165, 1.54) is 0 Å². The van der Waals surface area contributed by atoms with Gasteiger partial charge < -0.3 is 30.4 Å². The third-order valence-electron chi connectivity index (χ3n) is 11.8. The molecule has 0 unspecified atom stereocenters. The molecule has 7 aromatic rings. The Balaban J connectivity index is 0.901. The maximum Gasteiger partial charge on any atom is 0.246 e. The summed E-state index contributed by atoms with van der Waals surface area (Å²) < 4.78 is 0. The summed E-state index contributed by atoms with van der Waals surface area (Å²) in [5.74, 6) is 2.65. The van der Waals surface area contributed by atoms with Crippen LogP contribution in [0.25, 0.3) is 44.2 Å². The number of amides is 2. The molecule has 0 bridgehead atoms. The van der Waals surface area contributed by atoms with Crippen LogP contribution in [0.5, 0.6) is 0 Å². The van der Waals surface area contributed by atoms with E-state index in [1.54, 1.807) is 36.9 Å². The Kier molecular flexibility index (Phi) is 10.7. The quantitative estimate of drug-likeness (QED) is 0.0950. The number of hydrogen-bond acceptors (Lipinski definition) is 10. The van der Waals surface area contributed by atoms with Crippen LogP contribution in [0.15, 0.2) is 97.7 Å². The second-order valence-corrected chi connectivity index (χ2v) is 16.6. The summed E-state index contributed by atoms with van der Waals surface area (Å²) >= 11 is 0. The molecule has 14 nitrogen and oxygen atoms in total. The molecule has 2 aliphatic rings. The zero-order valence-electron chi connectivity index (χ0n) is 34.3. The normalized spacial score (nSPS) is 17.8. The molecule has 14 heteroatoms. The number of nitrogens with one attached hydrogen (secondary N) is 4. The molecule has 2 fully saturated rings. The SMILES string of the molecule is CC(C)[C@H](Nc1ncccn1)C(=O)N1CCC[C@H]1c1ncc(-c2ccc3cc(-c4ccc5nc([C@@H]6CCCN6C(=O)[C@@H](Nc6ncccn6)C(C)C)[nH]c5c4)ccc3c2)[nH]1. The zero-order valence-corrected chi connectivity index (χ0v) is 34.3. The Hall–Kier alpha value is -6.70. The standard InChI is InChI=1S/C46H50N12O2/c1-27(2)39(55-45-47-17-7-18-48-45)43(59)57-21-5-9-37(57)41-51-26-36(54-41)33-14-13-29-23-30(11-12-31(29)24-33)32-15-16-34-35(25-32)53-42(52-34)38-10-6-22-58(38)44(60)40(28(3)4)56-46-49-19-8-20-50-46/h7-8,11-20,23-28,37-40H,5-6,9-10,21-22H2,1-4H3,(H,51,54)(H,52,53)(H,47,48,55)(H,49,50,56)/t37-,38-,39-,40-/m0/s1. The van der Waals surface area contributed by atoms with Crippen LogP contribution < -0.4 is 10.6 Å². The zero-order chi connectivity index (χ0) is 41.3. The predicted molar refractivity (Wildman–Crippen MR) is 233 cm³/mol.